The zero-order valence-corrected chi connectivity index (χ0v) is 14.8. The molecule has 2 rings (SSSR count). The highest BCUT2D eigenvalue weighted by Gasteiger charge is 2.29. The van der Waals surface area contributed by atoms with Crippen molar-refractivity contribution in [2.24, 2.45) is 4.99 Å². The van der Waals surface area contributed by atoms with Gasteiger partial charge in [0.25, 0.3) is 0 Å². The van der Waals surface area contributed by atoms with Crippen molar-refractivity contribution >= 4 is 29.2 Å². The molecule has 3 N–H and O–H groups in total. The van der Waals surface area contributed by atoms with Crippen LogP contribution < -0.4 is 10.6 Å². The molecule has 0 unspecified atom stereocenters. The SMILES string of the molecule is CCNC(=NCc1ccc(Cl)cc1Cl)NCC1(O)CCOCC1. The molecule has 1 aliphatic heterocycles. The Balaban J connectivity index is 1.96. The summed E-state index contributed by atoms with van der Waals surface area (Å²) in [6.45, 7) is 4.79. The number of aliphatic hydroxyl groups is 1. The Morgan fingerprint density at radius 1 is 1.30 bits per heavy atom. The van der Waals surface area contributed by atoms with Crippen molar-refractivity contribution in [2.75, 3.05) is 26.3 Å². The van der Waals surface area contributed by atoms with E-state index in [4.69, 9.17) is 27.9 Å². The van der Waals surface area contributed by atoms with E-state index < -0.39 is 5.60 Å². The van der Waals surface area contributed by atoms with Crippen LogP contribution in [0.3, 0.4) is 0 Å². The molecule has 1 heterocycles. The molecule has 1 fully saturated rings. The quantitative estimate of drug-likeness (QED) is 0.558. The van der Waals surface area contributed by atoms with Crippen molar-refractivity contribution in [2.45, 2.75) is 31.9 Å². The van der Waals surface area contributed by atoms with Gasteiger partial charge in [-0.25, -0.2) is 4.99 Å². The summed E-state index contributed by atoms with van der Waals surface area (Å²) in [6, 6.07) is 5.37. The summed E-state index contributed by atoms with van der Waals surface area (Å²) in [5.41, 5.74) is 0.157. The van der Waals surface area contributed by atoms with Crippen molar-refractivity contribution in [3.63, 3.8) is 0 Å². The minimum Gasteiger partial charge on any atom is -0.388 e. The van der Waals surface area contributed by atoms with Gasteiger partial charge in [0.2, 0.25) is 0 Å². The summed E-state index contributed by atoms with van der Waals surface area (Å²) >= 11 is 12.1. The second-order valence-corrected chi connectivity index (χ2v) is 6.46. The molecule has 23 heavy (non-hydrogen) atoms. The molecule has 1 aliphatic rings. The number of hydrogen-bond acceptors (Lipinski definition) is 3. The average Bonchev–Trinajstić information content (AvgIpc) is 2.52. The average molecular weight is 360 g/mol. The predicted molar refractivity (Wildman–Crippen MR) is 94.3 cm³/mol. The molecule has 0 spiro atoms. The maximum absolute atomic E-state index is 10.5. The molecule has 0 aliphatic carbocycles. The molecule has 0 atom stereocenters. The molecular weight excluding hydrogens is 337 g/mol. The Hall–Kier alpha value is -1.01. The number of nitrogens with one attached hydrogen (secondary N) is 2. The topological polar surface area (TPSA) is 65.9 Å². The molecule has 7 heteroatoms. The van der Waals surface area contributed by atoms with Gasteiger partial charge in [-0.3, -0.25) is 0 Å². The van der Waals surface area contributed by atoms with Crippen molar-refractivity contribution in [3.8, 4) is 0 Å². The third kappa shape index (κ3) is 5.84. The number of rotatable bonds is 5. The Kier molecular flexibility index (Phi) is 6.96. The lowest BCUT2D eigenvalue weighted by atomic mass is 9.94. The minimum atomic E-state index is -0.744. The van der Waals surface area contributed by atoms with Crippen molar-refractivity contribution in [1.29, 1.82) is 0 Å². The van der Waals surface area contributed by atoms with Crippen LogP contribution in [0.1, 0.15) is 25.3 Å². The van der Waals surface area contributed by atoms with Gasteiger partial charge in [-0.1, -0.05) is 29.3 Å². The molecule has 0 saturated carbocycles. The molecule has 1 saturated heterocycles. The number of aliphatic imine (C=N–C) groups is 1. The minimum absolute atomic E-state index is 0.437. The van der Waals surface area contributed by atoms with Gasteiger partial charge in [-0.15, -0.1) is 0 Å². The van der Waals surface area contributed by atoms with Gasteiger partial charge in [0.15, 0.2) is 5.96 Å². The predicted octanol–water partition coefficient (Wildman–Crippen LogP) is 2.59. The fourth-order valence-corrected chi connectivity index (χ4v) is 2.80. The molecular formula is C16H23Cl2N3O2. The van der Waals surface area contributed by atoms with Gasteiger partial charge in [0.1, 0.15) is 0 Å². The van der Waals surface area contributed by atoms with Gasteiger partial charge in [-0.05, 0) is 24.6 Å². The number of ether oxygens (including phenoxy) is 1. The first kappa shape index (κ1) is 18.3. The molecule has 5 nitrogen and oxygen atoms in total. The van der Waals surface area contributed by atoms with Crippen molar-refractivity contribution < 1.29 is 9.84 Å². The van der Waals surface area contributed by atoms with Crippen LogP contribution in [0.5, 0.6) is 0 Å². The molecule has 0 amide bonds. The second-order valence-electron chi connectivity index (χ2n) is 5.62. The highest BCUT2D eigenvalue weighted by atomic mass is 35.5. The number of hydrogen-bond donors (Lipinski definition) is 3. The Morgan fingerprint density at radius 2 is 2.04 bits per heavy atom. The summed E-state index contributed by atoms with van der Waals surface area (Å²) in [4.78, 5) is 4.51. The fourth-order valence-electron chi connectivity index (χ4n) is 2.33. The third-order valence-corrected chi connectivity index (χ3v) is 4.36. The van der Waals surface area contributed by atoms with E-state index in [-0.39, 0.29) is 0 Å². The largest absolute Gasteiger partial charge is 0.388 e. The maximum atomic E-state index is 10.5. The Bertz CT molecular complexity index is 546. The smallest absolute Gasteiger partial charge is 0.191 e. The van der Waals surface area contributed by atoms with Crippen LogP contribution in [0.4, 0.5) is 0 Å². The standard InChI is InChI=1S/C16H23Cl2N3O2/c1-2-19-15(21-11-16(22)5-7-23-8-6-16)20-10-12-3-4-13(17)9-14(12)18/h3-4,9,22H,2,5-8,10-11H2,1H3,(H2,19,20,21). The summed E-state index contributed by atoms with van der Waals surface area (Å²) in [5.74, 6) is 0.651. The third-order valence-electron chi connectivity index (χ3n) is 3.78. The second kappa shape index (κ2) is 8.73. The maximum Gasteiger partial charge on any atom is 0.191 e. The van der Waals surface area contributed by atoms with Crippen LogP contribution >= 0.6 is 23.2 Å². The highest BCUT2D eigenvalue weighted by molar-refractivity contribution is 6.35. The van der Waals surface area contributed by atoms with E-state index in [2.05, 4.69) is 15.6 Å². The lowest BCUT2D eigenvalue weighted by Crippen LogP contribution is -2.49. The van der Waals surface area contributed by atoms with E-state index in [1.165, 1.54) is 0 Å². The molecule has 1 aromatic rings. The van der Waals surface area contributed by atoms with Gasteiger partial charge >= 0.3 is 0 Å². The molecule has 128 valence electrons. The zero-order valence-electron chi connectivity index (χ0n) is 13.2. The summed E-state index contributed by atoms with van der Waals surface area (Å²) in [5, 5.41) is 18.1. The van der Waals surface area contributed by atoms with Crippen LogP contribution in [0.15, 0.2) is 23.2 Å². The van der Waals surface area contributed by atoms with Crippen LogP contribution in [0.25, 0.3) is 0 Å². The molecule has 0 radical (unpaired) electrons. The van der Waals surface area contributed by atoms with Crippen molar-refractivity contribution in [3.05, 3.63) is 33.8 Å². The molecule has 0 aromatic heterocycles. The first-order chi connectivity index (χ1) is 11.0. The fraction of sp³-hybridized carbons (Fsp3) is 0.562. The van der Waals surface area contributed by atoms with Crippen LogP contribution in [0.2, 0.25) is 10.0 Å². The first-order valence-electron chi connectivity index (χ1n) is 7.79. The number of halogens is 2. The lowest BCUT2D eigenvalue weighted by molar-refractivity contribution is -0.0594. The summed E-state index contributed by atoms with van der Waals surface area (Å²) < 4.78 is 5.29. The Labute approximate surface area is 147 Å². The Morgan fingerprint density at radius 3 is 2.70 bits per heavy atom. The van der Waals surface area contributed by atoms with E-state index in [1.807, 2.05) is 13.0 Å². The van der Waals surface area contributed by atoms with Gasteiger partial charge < -0.3 is 20.5 Å². The van der Waals surface area contributed by atoms with E-state index >= 15 is 0 Å². The van der Waals surface area contributed by atoms with E-state index in [0.717, 1.165) is 12.1 Å². The van der Waals surface area contributed by atoms with Gasteiger partial charge in [0, 0.05) is 49.2 Å². The van der Waals surface area contributed by atoms with Crippen LogP contribution in [-0.4, -0.2) is 43.0 Å². The zero-order chi connectivity index (χ0) is 16.7. The summed E-state index contributed by atoms with van der Waals surface area (Å²) in [6.07, 6.45) is 1.25. The number of nitrogens with zero attached hydrogens (tertiary/aromatic N) is 1. The van der Waals surface area contributed by atoms with Crippen LogP contribution in [0, 0.1) is 0 Å². The van der Waals surface area contributed by atoms with Crippen molar-refractivity contribution in [1.82, 2.24) is 10.6 Å². The molecule has 0 bridgehead atoms. The highest BCUT2D eigenvalue weighted by Crippen LogP contribution is 2.22. The normalized spacial score (nSPS) is 17.8. The lowest BCUT2D eigenvalue weighted by Gasteiger charge is -2.32. The molecule has 1 aromatic carbocycles. The van der Waals surface area contributed by atoms with E-state index in [0.29, 0.717) is 55.1 Å². The van der Waals surface area contributed by atoms with Gasteiger partial charge in [-0.2, -0.15) is 0 Å². The van der Waals surface area contributed by atoms with Crippen LogP contribution in [-0.2, 0) is 11.3 Å². The number of benzene rings is 1. The van der Waals surface area contributed by atoms with E-state index in [9.17, 15) is 5.11 Å². The van der Waals surface area contributed by atoms with Gasteiger partial charge in [0.05, 0.1) is 12.1 Å². The monoisotopic (exact) mass is 359 g/mol. The first-order valence-corrected chi connectivity index (χ1v) is 8.54. The summed E-state index contributed by atoms with van der Waals surface area (Å²) in [7, 11) is 0. The number of guanidine groups is 1. The van der Waals surface area contributed by atoms with E-state index in [1.54, 1.807) is 12.1 Å².